The Kier molecular flexibility index (Phi) is 4.28. The largest absolute Gasteiger partial charge is 0.490 e. The summed E-state index contributed by atoms with van der Waals surface area (Å²) >= 11 is 0. The van der Waals surface area contributed by atoms with Gasteiger partial charge in [-0.1, -0.05) is 13.8 Å². The molecule has 1 atom stereocenters. The highest BCUT2D eigenvalue weighted by molar-refractivity contribution is 5.55. The minimum atomic E-state index is -0.478. The van der Waals surface area contributed by atoms with Gasteiger partial charge in [-0.2, -0.15) is 0 Å². The SMILES string of the molecule is CC(C)C(C)Oc1cc(NN)cc([N+](=O)[O-])c1. The van der Waals surface area contributed by atoms with Crippen LogP contribution in [0, 0.1) is 16.0 Å². The summed E-state index contributed by atoms with van der Waals surface area (Å²) in [6.07, 6.45) is -0.0253. The van der Waals surface area contributed by atoms with Crippen molar-refractivity contribution in [2.24, 2.45) is 11.8 Å². The molecule has 0 radical (unpaired) electrons. The third kappa shape index (κ3) is 3.60. The van der Waals surface area contributed by atoms with Crippen molar-refractivity contribution in [1.29, 1.82) is 0 Å². The second-order valence-corrected chi connectivity index (χ2v) is 4.18. The molecule has 0 heterocycles. The lowest BCUT2D eigenvalue weighted by atomic mass is 10.1. The summed E-state index contributed by atoms with van der Waals surface area (Å²) in [5.74, 6) is 6.01. The molecule has 1 rings (SSSR count). The lowest BCUT2D eigenvalue weighted by Crippen LogP contribution is -2.19. The van der Waals surface area contributed by atoms with Crippen molar-refractivity contribution in [2.45, 2.75) is 26.9 Å². The van der Waals surface area contributed by atoms with E-state index in [1.165, 1.54) is 12.1 Å². The number of rotatable bonds is 5. The molecule has 0 fully saturated rings. The van der Waals surface area contributed by atoms with E-state index in [1.807, 2.05) is 20.8 Å². The summed E-state index contributed by atoms with van der Waals surface area (Å²) in [6.45, 7) is 5.95. The summed E-state index contributed by atoms with van der Waals surface area (Å²) in [5, 5.41) is 10.7. The van der Waals surface area contributed by atoms with Crippen molar-refractivity contribution < 1.29 is 9.66 Å². The number of hydrogen-bond acceptors (Lipinski definition) is 5. The number of ether oxygens (including phenoxy) is 1. The molecule has 0 amide bonds. The Balaban J connectivity index is 2.98. The van der Waals surface area contributed by atoms with Crippen molar-refractivity contribution in [3.05, 3.63) is 28.3 Å². The number of nitro benzene ring substituents is 1. The van der Waals surface area contributed by atoms with Gasteiger partial charge in [0, 0.05) is 12.1 Å². The van der Waals surface area contributed by atoms with E-state index < -0.39 is 4.92 Å². The zero-order valence-electron chi connectivity index (χ0n) is 10.1. The molecule has 6 heteroatoms. The van der Waals surface area contributed by atoms with E-state index >= 15 is 0 Å². The van der Waals surface area contributed by atoms with E-state index in [4.69, 9.17) is 10.6 Å². The number of hydrazine groups is 1. The van der Waals surface area contributed by atoms with Crippen LogP contribution < -0.4 is 16.0 Å². The van der Waals surface area contributed by atoms with Gasteiger partial charge in [-0.25, -0.2) is 0 Å². The lowest BCUT2D eigenvalue weighted by Gasteiger charge is -2.18. The normalized spacial score (nSPS) is 12.3. The van der Waals surface area contributed by atoms with E-state index in [1.54, 1.807) is 6.07 Å². The van der Waals surface area contributed by atoms with Crippen LogP contribution in [-0.4, -0.2) is 11.0 Å². The fourth-order valence-electron chi connectivity index (χ4n) is 1.19. The monoisotopic (exact) mass is 239 g/mol. The highest BCUT2D eigenvalue weighted by atomic mass is 16.6. The van der Waals surface area contributed by atoms with Gasteiger partial charge in [-0.15, -0.1) is 0 Å². The standard InChI is InChI=1S/C11H17N3O3/c1-7(2)8(3)17-11-5-9(13-12)4-10(6-11)14(15)16/h4-8,13H,12H2,1-3H3. The van der Waals surface area contributed by atoms with Gasteiger partial charge in [0.2, 0.25) is 0 Å². The van der Waals surface area contributed by atoms with Gasteiger partial charge in [0.15, 0.2) is 0 Å². The fraction of sp³-hybridized carbons (Fsp3) is 0.455. The first-order chi connectivity index (χ1) is 7.93. The summed E-state index contributed by atoms with van der Waals surface area (Å²) < 4.78 is 5.61. The molecule has 0 aliphatic rings. The number of nitro groups is 1. The number of hydrogen-bond donors (Lipinski definition) is 2. The van der Waals surface area contributed by atoms with Crippen molar-refractivity contribution in [2.75, 3.05) is 5.43 Å². The van der Waals surface area contributed by atoms with Crippen LogP contribution in [0.1, 0.15) is 20.8 Å². The average Bonchev–Trinajstić information content (AvgIpc) is 2.28. The Morgan fingerprint density at radius 3 is 2.47 bits per heavy atom. The number of nitrogens with one attached hydrogen (secondary N) is 1. The predicted molar refractivity (Wildman–Crippen MR) is 65.8 cm³/mol. The molecule has 0 aliphatic heterocycles. The van der Waals surface area contributed by atoms with Crippen LogP contribution in [0.3, 0.4) is 0 Å². The fourth-order valence-corrected chi connectivity index (χ4v) is 1.19. The van der Waals surface area contributed by atoms with Gasteiger partial charge in [0.1, 0.15) is 5.75 Å². The number of nitrogens with zero attached hydrogens (tertiary/aromatic N) is 1. The Morgan fingerprint density at radius 2 is 2.00 bits per heavy atom. The molecule has 1 aromatic rings. The second kappa shape index (κ2) is 5.49. The molecule has 3 N–H and O–H groups in total. The van der Waals surface area contributed by atoms with Crippen LogP contribution in [-0.2, 0) is 0 Å². The van der Waals surface area contributed by atoms with Crippen LogP contribution >= 0.6 is 0 Å². The van der Waals surface area contributed by atoms with E-state index in [2.05, 4.69) is 5.43 Å². The minimum absolute atomic E-state index is 0.0253. The Morgan fingerprint density at radius 1 is 1.35 bits per heavy atom. The van der Waals surface area contributed by atoms with Gasteiger partial charge in [-0.3, -0.25) is 16.0 Å². The first-order valence-electron chi connectivity index (χ1n) is 5.36. The highest BCUT2D eigenvalue weighted by Crippen LogP contribution is 2.27. The number of nitrogen functional groups attached to an aromatic ring is 1. The molecule has 0 bridgehead atoms. The maximum atomic E-state index is 10.7. The van der Waals surface area contributed by atoms with Gasteiger partial charge in [0.25, 0.3) is 5.69 Å². The Hall–Kier alpha value is -1.82. The number of anilines is 1. The Bertz CT molecular complexity index is 407. The van der Waals surface area contributed by atoms with Gasteiger partial charge in [-0.05, 0) is 12.8 Å². The van der Waals surface area contributed by atoms with E-state index in [-0.39, 0.29) is 11.8 Å². The molecule has 1 aromatic carbocycles. The van der Waals surface area contributed by atoms with Gasteiger partial charge >= 0.3 is 0 Å². The molecule has 17 heavy (non-hydrogen) atoms. The molecule has 0 spiro atoms. The third-order valence-electron chi connectivity index (χ3n) is 2.53. The highest BCUT2D eigenvalue weighted by Gasteiger charge is 2.14. The molecular weight excluding hydrogens is 222 g/mol. The molecule has 0 aromatic heterocycles. The average molecular weight is 239 g/mol. The summed E-state index contributed by atoms with van der Waals surface area (Å²) in [6, 6.07) is 4.37. The first kappa shape index (κ1) is 13.2. The molecule has 0 saturated heterocycles. The van der Waals surface area contributed by atoms with Crippen LogP contribution in [0.5, 0.6) is 5.75 Å². The molecule has 1 unspecified atom stereocenters. The minimum Gasteiger partial charge on any atom is -0.490 e. The summed E-state index contributed by atoms with van der Waals surface area (Å²) in [7, 11) is 0. The van der Waals surface area contributed by atoms with Crippen molar-refractivity contribution in [3.8, 4) is 5.75 Å². The summed E-state index contributed by atoms with van der Waals surface area (Å²) in [4.78, 5) is 10.2. The molecule has 0 saturated carbocycles. The molecular formula is C11H17N3O3. The van der Waals surface area contributed by atoms with Crippen LogP contribution in [0.25, 0.3) is 0 Å². The predicted octanol–water partition coefficient (Wildman–Crippen LogP) is 2.30. The number of benzene rings is 1. The number of non-ortho nitro benzene ring substituents is 1. The van der Waals surface area contributed by atoms with Crippen molar-refractivity contribution >= 4 is 11.4 Å². The zero-order valence-corrected chi connectivity index (χ0v) is 10.1. The zero-order chi connectivity index (χ0) is 13.0. The first-order valence-corrected chi connectivity index (χ1v) is 5.36. The third-order valence-corrected chi connectivity index (χ3v) is 2.53. The van der Waals surface area contributed by atoms with Gasteiger partial charge in [0.05, 0.1) is 22.8 Å². The van der Waals surface area contributed by atoms with E-state index in [0.29, 0.717) is 17.4 Å². The molecule has 0 aliphatic carbocycles. The quantitative estimate of drug-likeness (QED) is 0.467. The van der Waals surface area contributed by atoms with Gasteiger partial charge < -0.3 is 10.2 Å². The van der Waals surface area contributed by atoms with Crippen molar-refractivity contribution in [3.63, 3.8) is 0 Å². The summed E-state index contributed by atoms with van der Waals surface area (Å²) in [5.41, 5.74) is 2.78. The topological polar surface area (TPSA) is 90.4 Å². The smallest absolute Gasteiger partial charge is 0.275 e. The van der Waals surface area contributed by atoms with Crippen LogP contribution in [0.15, 0.2) is 18.2 Å². The van der Waals surface area contributed by atoms with E-state index in [0.717, 1.165) is 0 Å². The lowest BCUT2D eigenvalue weighted by molar-refractivity contribution is -0.384. The maximum absolute atomic E-state index is 10.7. The number of nitrogens with two attached hydrogens (primary N) is 1. The second-order valence-electron chi connectivity index (χ2n) is 4.18. The van der Waals surface area contributed by atoms with Crippen molar-refractivity contribution in [1.82, 2.24) is 0 Å². The van der Waals surface area contributed by atoms with Crippen LogP contribution in [0.2, 0.25) is 0 Å². The molecule has 6 nitrogen and oxygen atoms in total. The molecule has 94 valence electrons. The van der Waals surface area contributed by atoms with E-state index in [9.17, 15) is 10.1 Å². The Labute approximate surface area is 99.9 Å². The van der Waals surface area contributed by atoms with Crippen LogP contribution in [0.4, 0.5) is 11.4 Å². The maximum Gasteiger partial charge on any atom is 0.275 e.